The van der Waals surface area contributed by atoms with Crippen molar-refractivity contribution >= 4 is 15.9 Å². The van der Waals surface area contributed by atoms with E-state index in [0.717, 1.165) is 28.8 Å². The summed E-state index contributed by atoms with van der Waals surface area (Å²) in [6, 6.07) is 10.7. The number of carbonyl (C=O) groups is 1. The lowest BCUT2D eigenvalue weighted by atomic mass is 10.00. The summed E-state index contributed by atoms with van der Waals surface area (Å²) in [5.41, 5.74) is 3.32. The number of nitrogens with zero attached hydrogens (tertiary/aromatic N) is 1. The molecule has 0 heterocycles. The lowest BCUT2D eigenvalue weighted by Gasteiger charge is -2.19. The zero-order valence-corrected chi connectivity index (χ0v) is 17.5. The number of sulfonamides is 1. The highest BCUT2D eigenvalue weighted by Crippen LogP contribution is 2.19. The van der Waals surface area contributed by atoms with Crippen LogP contribution < -0.4 is 5.32 Å². The molecule has 152 valence electrons. The maximum Gasteiger partial charge on any atom is 0.242 e. The van der Waals surface area contributed by atoms with Crippen LogP contribution in [0.15, 0.2) is 47.4 Å². The number of benzene rings is 2. The molecule has 0 fully saturated rings. The predicted octanol–water partition coefficient (Wildman–Crippen LogP) is 3.72. The maximum absolute atomic E-state index is 13.0. The fourth-order valence-electron chi connectivity index (χ4n) is 2.99. The summed E-state index contributed by atoms with van der Waals surface area (Å²) in [5, 5.41) is 2.97. The molecular weight excluding hydrogens is 379 g/mol. The Morgan fingerprint density at radius 1 is 1.14 bits per heavy atom. The molecule has 2 aromatic rings. The van der Waals surface area contributed by atoms with Crippen LogP contribution in [-0.4, -0.2) is 32.2 Å². The van der Waals surface area contributed by atoms with Crippen LogP contribution in [-0.2, 0) is 14.8 Å². The summed E-state index contributed by atoms with van der Waals surface area (Å²) >= 11 is 0. The highest BCUT2D eigenvalue weighted by atomic mass is 32.2. The molecule has 0 aromatic heterocycles. The topological polar surface area (TPSA) is 66.5 Å². The van der Waals surface area contributed by atoms with Gasteiger partial charge in [0.1, 0.15) is 5.82 Å². The monoisotopic (exact) mass is 406 g/mol. The second kappa shape index (κ2) is 9.30. The molecule has 0 saturated carbocycles. The molecule has 2 aromatic carbocycles. The van der Waals surface area contributed by atoms with E-state index in [9.17, 15) is 17.6 Å². The molecule has 2 rings (SSSR count). The summed E-state index contributed by atoms with van der Waals surface area (Å²) in [6.07, 6.45) is 0.612. The molecule has 0 radical (unpaired) electrons. The molecule has 1 N–H and O–H groups in total. The van der Waals surface area contributed by atoms with Gasteiger partial charge in [0, 0.05) is 20.0 Å². The van der Waals surface area contributed by atoms with Crippen molar-refractivity contribution < 1.29 is 17.6 Å². The number of aryl methyl sites for hydroxylation is 2. The minimum atomic E-state index is -3.70. The standard InChI is InChI=1S/C21H27FN2O3S/c1-15-7-8-16(2)20(14-15)17(3)23-21(25)6-5-13-24(4)28(26,27)19-11-9-18(22)10-12-19/h7-12,14,17H,5-6,13H2,1-4H3,(H,23,25). The van der Waals surface area contributed by atoms with E-state index in [1.807, 2.05) is 32.9 Å². The van der Waals surface area contributed by atoms with Crippen molar-refractivity contribution in [2.24, 2.45) is 0 Å². The largest absolute Gasteiger partial charge is 0.350 e. The molecule has 1 unspecified atom stereocenters. The average molecular weight is 407 g/mol. The fraction of sp³-hybridized carbons (Fsp3) is 0.381. The molecular formula is C21H27FN2O3S. The summed E-state index contributed by atoms with van der Waals surface area (Å²) in [6.45, 7) is 6.15. The Morgan fingerprint density at radius 3 is 2.43 bits per heavy atom. The Labute approximate surface area is 166 Å². The summed E-state index contributed by atoms with van der Waals surface area (Å²) < 4.78 is 39.1. The quantitative estimate of drug-likeness (QED) is 0.727. The van der Waals surface area contributed by atoms with Crippen LogP contribution in [0.4, 0.5) is 4.39 Å². The summed E-state index contributed by atoms with van der Waals surface area (Å²) in [4.78, 5) is 12.3. The molecule has 0 saturated heterocycles. The minimum Gasteiger partial charge on any atom is -0.350 e. The predicted molar refractivity (Wildman–Crippen MR) is 108 cm³/mol. The fourth-order valence-corrected chi connectivity index (χ4v) is 4.20. The second-order valence-electron chi connectivity index (χ2n) is 7.03. The number of rotatable bonds is 8. The summed E-state index contributed by atoms with van der Waals surface area (Å²) in [7, 11) is -2.24. The molecule has 0 aliphatic carbocycles. The lowest BCUT2D eigenvalue weighted by Crippen LogP contribution is -2.30. The first kappa shape index (κ1) is 22.0. The molecule has 5 nitrogen and oxygen atoms in total. The maximum atomic E-state index is 13.0. The number of halogens is 1. The third kappa shape index (κ3) is 5.62. The normalized spacial score (nSPS) is 12.8. The van der Waals surface area contributed by atoms with E-state index < -0.39 is 15.8 Å². The van der Waals surface area contributed by atoms with Gasteiger partial charge in [-0.2, -0.15) is 0 Å². The van der Waals surface area contributed by atoms with Crippen molar-refractivity contribution in [1.82, 2.24) is 9.62 Å². The first-order chi connectivity index (χ1) is 13.1. The van der Waals surface area contributed by atoms with Gasteiger partial charge in [0.15, 0.2) is 0 Å². The van der Waals surface area contributed by atoms with E-state index in [0.29, 0.717) is 6.42 Å². The number of hydrogen-bond donors (Lipinski definition) is 1. The van der Waals surface area contributed by atoms with Gasteiger partial charge in [-0.15, -0.1) is 0 Å². The van der Waals surface area contributed by atoms with Crippen molar-refractivity contribution in [3.63, 3.8) is 0 Å². The van der Waals surface area contributed by atoms with Crippen LogP contribution in [0.25, 0.3) is 0 Å². The van der Waals surface area contributed by atoms with Crippen molar-refractivity contribution in [3.8, 4) is 0 Å². The van der Waals surface area contributed by atoms with E-state index in [1.165, 1.54) is 23.5 Å². The first-order valence-electron chi connectivity index (χ1n) is 9.19. The van der Waals surface area contributed by atoms with E-state index in [2.05, 4.69) is 11.4 Å². The molecule has 0 spiro atoms. The molecule has 0 aliphatic rings. The van der Waals surface area contributed by atoms with Crippen LogP contribution in [0.2, 0.25) is 0 Å². The van der Waals surface area contributed by atoms with Crippen LogP contribution >= 0.6 is 0 Å². The third-order valence-corrected chi connectivity index (χ3v) is 6.55. The van der Waals surface area contributed by atoms with Crippen molar-refractivity contribution in [1.29, 1.82) is 0 Å². The highest BCUT2D eigenvalue weighted by Gasteiger charge is 2.21. The number of carbonyl (C=O) groups excluding carboxylic acids is 1. The van der Waals surface area contributed by atoms with Crippen LogP contribution in [0, 0.1) is 19.7 Å². The smallest absolute Gasteiger partial charge is 0.242 e. The highest BCUT2D eigenvalue weighted by molar-refractivity contribution is 7.89. The Hall–Kier alpha value is -2.25. The van der Waals surface area contributed by atoms with E-state index in [-0.39, 0.29) is 29.8 Å². The van der Waals surface area contributed by atoms with Crippen LogP contribution in [0.5, 0.6) is 0 Å². The Bertz CT molecular complexity index is 927. The van der Waals surface area contributed by atoms with Crippen molar-refractivity contribution in [2.75, 3.05) is 13.6 Å². The zero-order valence-electron chi connectivity index (χ0n) is 16.7. The first-order valence-corrected chi connectivity index (χ1v) is 10.6. The van der Waals surface area contributed by atoms with Gasteiger partial charge in [-0.3, -0.25) is 4.79 Å². The van der Waals surface area contributed by atoms with Gasteiger partial charge in [0.05, 0.1) is 10.9 Å². The molecule has 1 atom stereocenters. The molecule has 1 amide bonds. The Balaban J connectivity index is 1.87. The number of amides is 1. The molecule has 0 bridgehead atoms. The SMILES string of the molecule is Cc1ccc(C)c(C(C)NC(=O)CCCN(C)S(=O)(=O)c2ccc(F)cc2)c1. The van der Waals surface area contributed by atoms with Gasteiger partial charge in [0.2, 0.25) is 15.9 Å². The van der Waals surface area contributed by atoms with Gasteiger partial charge in [-0.05, 0) is 62.6 Å². The Morgan fingerprint density at radius 2 is 1.79 bits per heavy atom. The molecule has 0 aliphatic heterocycles. The Kier molecular flexibility index (Phi) is 7.32. The van der Waals surface area contributed by atoms with Gasteiger partial charge >= 0.3 is 0 Å². The minimum absolute atomic E-state index is 0.0318. The van der Waals surface area contributed by atoms with E-state index in [4.69, 9.17) is 0 Å². The number of hydrogen-bond acceptors (Lipinski definition) is 3. The molecule has 28 heavy (non-hydrogen) atoms. The number of nitrogens with one attached hydrogen (secondary N) is 1. The average Bonchev–Trinajstić information content (AvgIpc) is 2.63. The van der Waals surface area contributed by atoms with Gasteiger partial charge in [0.25, 0.3) is 0 Å². The van der Waals surface area contributed by atoms with E-state index >= 15 is 0 Å². The van der Waals surface area contributed by atoms with Crippen molar-refractivity contribution in [3.05, 3.63) is 65.0 Å². The molecule has 7 heteroatoms. The van der Waals surface area contributed by atoms with Crippen LogP contribution in [0.1, 0.15) is 42.5 Å². The van der Waals surface area contributed by atoms with E-state index in [1.54, 1.807) is 0 Å². The van der Waals surface area contributed by atoms with Crippen molar-refractivity contribution in [2.45, 2.75) is 44.6 Å². The third-order valence-electron chi connectivity index (χ3n) is 4.68. The van der Waals surface area contributed by atoms with Gasteiger partial charge < -0.3 is 5.32 Å². The van der Waals surface area contributed by atoms with Gasteiger partial charge in [-0.1, -0.05) is 23.8 Å². The van der Waals surface area contributed by atoms with Crippen LogP contribution in [0.3, 0.4) is 0 Å². The lowest BCUT2D eigenvalue weighted by molar-refractivity contribution is -0.121. The summed E-state index contributed by atoms with van der Waals surface area (Å²) in [5.74, 6) is -0.614. The van der Waals surface area contributed by atoms with Gasteiger partial charge in [-0.25, -0.2) is 17.1 Å². The zero-order chi connectivity index (χ0) is 20.9. The second-order valence-corrected chi connectivity index (χ2v) is 9.08.